The van der Waals surface area contributed by atoms with Gasteiger partial charge in [0.2, 0.25) is 0 Å². The van der Waals surface area contributed by atoms with Crippen LogP contribution in [0.2, 0.25) is 0 Å². The predicted molar refractivity (Wildman–Crippen MR) is 79.7 cm³/mol. The fourth-order valence-electron chi connectivity index (χ4n) is 2.55. The molecule has 2 unspecified atom stereocenters. The van der Waals surface area contributed by atoms with Gasteiger partial charge in [0, 0.05) is 17.5 Å². The lowest BCUT2D eigenvalue weighted by Gasteiger charge is -2.26. The Kier molecular flexibility index (Phi) is 4.58. The second-order valence-electron chi connectivity index (χ2n) is 4.71. The van der Waals surface area contributed by atoms with Gasteiger partial charge in [-0.2, -0.15) is 0 Å². The number of likely N-dealkylation sites (N-methyl/N-ethyl adjacent to an activating group) is 1. The lowest BCUT2D eigenvalue weighted by molar-refractivity contribution is 0.394. The molecule has 0 aliphatic heterocycles. The fourth-order valence-corrected chi connectivity index (χ4v) is 2.55. The Balaban J connectivity index is 2.34. The molecule has 0 saturated carbocycles. The van der Waals surface area contributed by atoms with Gasteiger partial charge in [0.1, 0.15) is 5.75 Å². The van der Waals surface area contributed by atoms with Crippen molar-refractivity contribution in [2.45, 2.75) is 18.9 Å². The van der Waals surface area contributed by atoms with Gasteiger partial charge in [0.15, 0.2) is 0 Å². The molecule has 1 N–H and O–H groups in total. The van der Waals surface area contributed by atoms with Crippen molar-refractivity contribution in [3.63, 3.8) is 0 Å². The number of para-hydroxylation sites is 1. The second kappa shape index (κ2) is 6.39. The average molecular weight is 255 g/mol. The van der Waals surface area contributed by atoms with E-state index in [4.69, 9.17) is 4.74 Å². The van der Waals surface area contributed by atoms with Gasteiger partial charge in [-0.1, -0.05) is 55.5 Å². The molecule has 2 heteroatoms. The molecule has 0 bridgehead atoms. The molecule has 100 valence electrons. The van der Waals surface area contributed by atoms with Crippen LogP contribution in [0.5, 0.6) is 5.75 Å². The van der Waals surface area contributed by atoms with Crippen LogP contribution in [0.3, 0.4) is 0 Å². The maximum absolute atomic E-state index is 5.47. The van der Waals surface area contributed by atoms with Gasteiger partial charge in [-0.3, -0.25) is 0 Å². The SMILES string of the molecule is CNC(c1ccccc1OC)C(C)c1ccccc1. The van der Waals surface area contributed by atoms with Crippen LogP contribution in [0, 0.1) is 0 Å². The van der Waals surface area contributed by atoms with Crippen LogP contribution in [0.1, 0.15) is 30.0 Å². The van der Waals surface area contributed by atoms with Crippen molar-refractivity contribution in [3.05, 3.63) is 65.7 Å². The smallest absolute Gasteiger partial charge is 0.123 e. The van der Waals surface area contributed by atoms with E-state index in [2.05, 4.69) is 48.6 Å². The highest BCUT2D eigenvalue weighted by Gasteiger charge is 2.21. The van der Waals surface area contributed by atoms with Crippen molar-refractivity contribution in [2.75, 3.05) is 14.2 Å². The maximum atomic E-state index is 5.47. The van der Waals surface area contributed by atoms with E-state index in [1.165, 1.54) is 11.1 Å². The second-order valence-corrected chi connectivity index (χ2v) is 4.71. The molecule has 0 saturated heterocycles. The van der Waals surface area contributed by atoms with Crippen LogP contribution in [0.4, 0.5) is 0 Å². The molecule has 2 aromatic rings. The topological polar surface area (TPSA) is 21.3 Å². The van der Waals surface area contributed by atoms with Crippen molar-refractivity contribution in [2.24, 2.45) is 0 Å². The first-order valence-electron chi connectivity index (χ1n) is 6.63. The lowest BCUT2D eigenvalue weighted by Crippen LogP contribution is -2.22. The Labute approximate surface area is 115 Å². The van der Waals surface area contributed by atoms with E-state index < -0.39 is 0 Å². The number of ether oxygens (including phenoxy) is 1. The van der Waals surface area contributed by atoms with Gasteiger partial charge >= 0.3 is 0 Å². The first-order chi connectivity index (χ1) is 9.27. The molecule has 0 aliphatic carbocycles. The fraction of sp³-hybridized carbons (Fsp3) is 0.294. The van der Waals surface area contributed by atoms with E-state index in [0.29, 0.717) is 5.92 Å². The van der Waals surface area contributed by atoms with E-state index in [1.807, 2.05) is 25.2 Å². The van der Waals surface area contributed by atoms with Gasteiger partial charge in [0.25, 0.3) is 0 Å². The van der Waals surface area contributed by atoms with Crippen LogP contribution in [0.15, 0.2) is 54.6 Å². The number of nitrogens with one attached hydrogen (secondary N) is 1. The number of hydrogen-bond donors (Lipinski definition) is 1. The normalized spacial score (nSPS) is 13.8. The summed E-state index contributed by atoms with van der Waals surface area (Å²) in [6.07, 6.45) is 0. The van der Waals surface area contributed by atoms with Crippen molar-refractivity contribution in [1.82, 2.24) is 5.32 Å². The minimum absolute atomic E-state index is 0.235. The Hall–Kier alpha value is -1.80. The Morgan fingerprint density at radius 3 is 2.21 bits per heavy atom. The molecule has 0 radical (unpaired) electrons. The highest BCUT2D eigenvalue weighted by molar-refractivity contribution is 5.38. The summed E-state index contributed by atoms with van der Waals surface area (Å²) in [7, 11) is 3.72. The van der Waals surface area contributed by atoms with Crippen molar-refractivity contribution >= 4 is 0 Å². The van der Waals surface area contributed by atoms with E-state index in [1.54, 1.807) is 7.11 Å². The zero-order valence-corrected chi connectivity index (χ0v) is 11.8. The van der Waals surface area contributed by atoms with Gasteiger partial charge in [0.05, 0.1) is 7.11 Å². The van der Waals surface area contributed by atoms with Crippen LogP contribution in [0.25, 0.3) is 0 Å². The maximum Gasteiger partial charge on any atom is 0.123 e. The zero-order valence-electron chi connectivity index (χ0n) is 11.8. The van der Waals surface area contributed by atoms with E-state index in [0.717, 1.165) is 5.75 Å². The van der Waals surface area contributed by atoms with Gasteiger partial charge in [-0.05, 0) is 18.7 Å². The standard InChI is InChI=1S/C17H21NO/c1-13(14-9-5-4-6-10-14)17(18-2)15-11-7-8-12-16(15)19-3/h4-13,17-18H,1-3H3. The predicted octanol–water partition coefficient (Wildman–Crippen LogP) is 3.76. The Morgan fingerprint density at radius 2 is 1.58 bits per heavy atom. The third-order valence-electron chi connectivity index (χ3n) is 3.61. The van der Waals surface area contributed by atoms with Gasteiger partial charge < -0.3 is 10.1 Å². The molecule has 0 aliphatic rings. The molecule has 0 aromatic heterocycles. The van der Waals surface area contributed by atoms with Crippen molar-refractivity contribution in [3.8, 4) is 5.75 Å². The third-order valence-corrected chi connectivity index (χ3v) is 3.61. The minimum atomic E-state index is 0.235. The van der Waals surface area contributed by atoms with E-state index in [9.17, 15) is 0 Å². The lowest BCUT2D eigenvalue weighted by atomic mass is 9.88. The average Bonchev–Trinajstić information content (AvgIpc) is 2.49. The summed E-state index contributed by atoms with van der Waals surface area (Å²) in [4.78, 5) is 0. The van der Waals surface area contributed by atoms with Crippen LogP contribution < -0.4 is 10.1 Å². The summed E-state index contributed by atoms with van der Waals surface area (Å²) in [5, 5.41) is 3.41. The summed E-state index contributed by atoms with van der Waals surface area (Å²) < 4.78 is 5.47. The number of methoxy groups -OCH3 is 1. The zero-order chi connectivity index (χ0) is 13.7. The molecule has 2 nitrogen and oxygen atoms in total. The molecule has 2 aromatic carbocycles. The molecule has 2 atom stereocenters. The third kappa shape index (κ3) is 2.96. The first kappa shape index (κ1) is 13.6. The summed E-state index contributed by atoms with van der Waals surface area (Å²) in [5.41, 5.74) is 2.52. The van der Waals surface area contributed by atoms with E-state index in [-0.39, 0.29) is 6.04 Å². The molecule has 2 rings (SSSR count). The largest absolute Gasteiger partial charge is 0.496 e. The Morgan fingerprint density at radius 1 is 0.947 bits per heavy atom. The quantitative estimate of drug-likeness (QED) is 0.878. The molecule has 0 amide bonds. The molecule has 19 heavy (non-hydrogen) atoms. The summed E-state index contributed by atoms with van der Waals surface area (Å²) in [6.45, 7) is 2.24. The highest BCUT2D eigenvalue weighted by Crippen LogP contribution is 2.34. The van der Waals surface area contributed by atoms with Crippen LogP contribution >= 0.6 is 0 Å². The van der Waals surface area contributed by atoms with Crippen molar-refractivity contribution < 1.29 is 4.74 Å². The summed E-state index contributed by atoms with van der Waals surface area (Å²) >= 11 is 0. The first-order valence-corrected chi connectivity index (χ1v) is 6.63. The molecule has 0 fully saturated rings. The number of rotatable bonds is 5. The monoisotopic (exact) mass is 255 g/mol. The number of benzene rings is 2. The summed E-state index contributed by atoms with van der Waals surface area (Å²) in [6, 6.07) is 19.0. The highest BCUT2D eigenvalue weighted by atomic mass is 16.5. The molecular weight excluding hydrogens is 234 g/mol. The van der Waals surface area contributed by atoms with Crippen molar-refractivity contribution in [1.29, 1.82) is 0 Å². The molecule has 0 spiro atoms. The van der Waals surface area contributed by atoms with Crippen LogP contribution in [-0.4, -0.2) is 14.2 Å². The molecular formula is C17H21NO. The van der Waals surface area contributed by atoms with Crippen LogP contribution in [-0.2, 0) is 0 Å². The Bertz CT molecular complexity index is 510. The van der Waals surface area contributed by atoms with Gasteiger partial charge in [-0.15, -0.1) is 0 Å². The van der Waals surface area contributed by atoms with E-state index >= 15 is 0 Å². The number of hydrogen-bond acceptors (Lipinski definition) is 2. The molecule has 0 heterocycles. The minimum Gasteiger partial charge on any atom is -0.496 e. The summed E-state index contributed by atoms with van der Waals surface area (Å²) in [5.74, 6) is 1.31. The van der Waals surface area contributed by atoms with Gasteiger partial charge in [-0.25, -0.2) is 0 Å².